The maximum absolute atomic E-state index is 12.5. The minimum absolute atomic E-state index is 0. The highest BCUT2D eigenvalue weighted by Crippen LogP contribution is 2.33. The molecule has 0 bridgehead atoms. The van der Waals surface area contributed by atoms with Gasteiger partial charge in [0.2, 0.25) is 0 Å². The molecular formula is C15H18N2O3S2. The summed E-state index contributed by atoms with van der Waals surface area (Å²) < 4.78 is 5.83. The number of rotatable bonds is 3. The average molecular weight is 338 g/mol. The molecule has 7 heteroatoms. The van der Waals surface area contributed by atoms with Gasteiger partial charge in [0, 0.05) is 13.1 Å². The first kappa shape index (κ1) is 17.0. The van der Waals surface area contributed by atoms with Crippen LogP contribution in [0.2, 0.25) is 0 Å². The van der Waals surface area contributed by atoms with Crippen LogP contribution in [0.3, 0.4) is 0 Å². The van der Waals surface area contributed by atoms with Gasteiger partial charge in [0.25, 0.3) is 5.91 Å². The zero-order chi connectivity index (χ0) is 14.7. The molecule has 2 aliphatic heterocycles. The molecule has 0 saturated carbocycles. The number of carbonyl (C=O) groups is 1. The number of hydrogen-bond acceptors (Lipinski definition) is 5. The van der Waals surface area contributed by atoms with Gasteiger partial charge in [-0.25, -0.2) is 10.0 Å². The van der Waals surface area contributed by atoms with E-state index < -0.39 is 0 Å². The molecule has 0 radical (unpaired) electrons. The van der Waals surface area contributed by atoms with E-state index >= 15 is 0 Å². The molecule has 1 aromatic heterocycles. The molecule has 2 aliphatic rings. The molecule has 1 amide bonds. The van der Waals surface area contributed by atoms with E-state index in [1.807, 2.05) is 24.3 Å². The Balaban J connectivity index is 0.00000176. The molecule has 2 saturated heterocycles. The summed E-state index contributed by atoms with van der Waals surface area (Å²) >= 11 is 6.71. The van der Waals surface area contributed by atoms with Gasteiger partial charge in [-0.05, 0) is 37.1 Å². The summed E-state index contributed by atoms with van der Waals surface area (Å²) in [5.41, 5.74) is 0. The van der Waals surface area contributed by atoms with Gasteiger partial charge >= 0.3 is 0 Å². The van der Waals surface area contributed by atoms with Crippen molar-refractivity contribution in [2.75, 3.05) is 13.1 Å². The number of allylic oxidation sites excluding steroid dienone is 2. The van der Waals surface area contributed by atoms with Crippen LogP contribution in [0.5, 0.6) is 0 Å². The quantitative estimate of drug-likeness (QED) is 0.626. The Bertz CT molecular complexity index is 590. The van der Waals surface area contributed by atoms with Crippen LogP contribution >= 0.6 is 24.0 Å². The molecule has 2 N–H and O–H groups in total. The minimum atomic E-state index is -0.0176. The van der Waals surface area contributed by atoms with E-state index in [0.717, 1.165) is 31.7 Å². The molecule has 0 spiro atoms. The van der Waals surface area contributed by atoms with Crippen molar-refractivity contribution in [2.24, 2.45) is 0 Å². The summed E-state index contributed by atoms with van der Waals surface area (Å²) in [5, 5.41) is 3.73. The normalized spacial score (nSPS) is 21.8. The van der Waals surface area contributed by atoms with Gasteiger partial charge in [0.05, 0.1) is 11.2 Å². The van der Waals surface area contributed by atoms with Crippen LogP contribution in [-0.4, -0.2) is 38.8 Å². The predicted octanol–water partition coefficient (Wildman–Crippen LogP) is 2.61. The van der Waals surface area contributed by atoms with E-state index in [4.69, 9.17) is 16.6 Å². The van der Waals surface area contributed by atoms with E-state index in [2.05, 4.69) is 5.01 Å². The highest BCUT2D eigenvalue weighted by molar-refractivity contribution is 8.26. The zero-order valence-electron chi connectivity index (χ0n) is 12.0. The molecule has 0 aromatic carbocycles. The lowest BCUT2D eigenvalue weighted by Crippen LogP contribution is -2.47. The Morgan fingerprint density at radius 1 is 1.27 bits per heavy atom. The van der Waals surface area contributed by atoms with Crippen molar-refractivity contribution < 1.29 is 14.7 Å². The molecule has 0 aliphatic carbocycles. The Hall–Kier alpha value is -1.41. The highest BCUT2D eigenvalue weighted by Gasteiger charge is 2.36. The molecule has 5 nitrogen and oxygen atoms in total. The number of amides is 1. The summed E-state index contributed by atoms with van der Waals surface area (Å²) in [7, 11) is 0. The third-order valence-electron chi connectivity index (χ3n) is 3.44. The third kappa shape index (κ3) is 3.67. The van der Waals surface area contributed by atoms with Crippen molar-refractivity contribution in [2.45, 2.75) is 19.3 Å². The fourth-order valence-corrected chi connectivity index (χ4v) is 3.67. The van der Waals surface area contributed by atoms with E-state index in [0.29, 0.717) is 9.23 Å². The largest absolute Gasteiger partial charge is 0.465 e. The van der Waals surface area contributed by atoms with E-state index in [1.54, 1.807) is 17.3 Å². The van der Waals surface area contributed by atoms with Gasteiger partial charge in [-0.2, -0.15) is 0 Å². The number of thioether (sulfide) groups is 1. The monoisotopic (exact) mass is 338 g/mol. The highest BCUT2D eigenvalue weighted by atomic mass is 32.2. The minimum Gasteiger partial charge on any atom is -0.465 e. The fraction of sp³-hybridized carbons (Fsp3) is 0.333. The van der Waals surface area contributed by atoms with E-state index in [1.165, 1.54) is 18.2 Å². The molecular weight excluding hydrogens is 320 g/mol. The third-order valence-corrected chi connectivity index (χ3v) is 4.74. The number of furan rings is 1. The van der Waals surface area contributed by atoms with Gasteiger partial charge in [-0.15, -0.1) is 0 Å². The van der Waals surface area contributed by atoms with Crippen LogP contribution in [0.1, 0.15) is 25.0 Å². The summed E-state index contributed by atoms with van der Waals surface area (Å²) in [6, 6.07) is 3.69. The van der Waals surface area contributed by atoms with Gasteiger partial charge in [-0.1, -0.05) is 36.5 Å². The van der Waals surface area contributed by atoms with E-state index in [-0.39, 0.29) is 11.4 Å². The Morgan fingerprint density at radius 3 is 2.73 bits per heavy atom. The number of hydrazine groups is 1. The smallest absolute Gasteiger partial charge is 0.280 e. The van der Waals surface area contributed by atoms with Crippen LogP contribution in [0, 0.1) is 0 Å². The molecule has 22 heavy (non-hydrogen) atoms. The molecule has 0 unspecified atom stereocenters. The van der Waals surface area contributed by atoms with Crippen LogP contribution in [0.15, 0.2) is 39.9 Å². The summed E-state index contributed by atoms with van der Waals surface area (Å²) in [6.07, 6.45) is 10.5. The molecule has 118 valence electrons. The molecule has 3 rings (SSSR count). The van der Waals surface area contributed by atoms with Crippen molar-refractivity contribution in [3.05, 3.63) is 41.2 Å². The first-order valence-electron chi connectivity index (χ1n) is 6.99. The lowest BCUT2D eigenvalue weighted by atomic mass is 10.2. The number of carbonyl (C=O) groups excluding carboxylic acids is 1. The molecule has 1 aromatic rings. The van der Waals surface area contributed by atoms with Crippen LogP contribution in [-0.2, 0) is 4.79 Å². The number of nitrogens with zero attached hydrogens (tertiary/aromatic N) is 2. The molecule has 3 heterocycles. The van der Waals surface area contributed by atoms with Crippen molar-refractivity contribution in [1.82, 2.24) is 10.0 Å². The standard InChI is InChI=1S/C15H16N2O2S2.H2O/c18-14-13(8-4-6-12-7-5-11-19-12)21-15(20)17(14)16-9-2-1-3-10-16;/h4-8,11H,1-3,9-10H2;1H2/b6-4+,13-8+;. The summed E-state index contributed by atoms with van der Waals surface area (Å²) in [6.45, 7) is 1.81. The van der Waals surface area contributed by atoms with Crippen molar-refractivity contribution in [1.29, 1.82) is 0 Å². The maximum Gasteiger partial charge on any atom is 0.280 e. The Kier molecular flexibility index (Phi) is 5.96. The first-order chi connectivity index (χ1) is 10.3. The van der Waals surface area contributed by atoms with E-state index in [9.17, 15) is 4.79 Å². The van der Waals surface area contributed by atoms with Crippen molar-refractivity contribution in [3.8, 4) is 0 Å². The summed E-state index contributed by atoms with van der Waals surface area (Å²) in [4.78, 5) is 13.1. The lowest BCUT2D eigenvalue weighted by molar-refractivity contribution is -0.134. The average Bonchev–Trinajstić information content (AvgIpc) is 3.09. The fourth-order valence-electron chi connectivity index (χ4n) is 2.41. The van der Waals surface area contributed by atoms with Crippen LogP contribution in [0.25, 0.3) is 6.08 Å². The second kappa shape index (κ2) is 7.73. The molecule has 2 fully saturated rings. The SMILES string of the molecule is O.O=C1/C(=C\C=C\c2ccco2)SC(=S)N1N1CCCCC1. The second-order valence-electron chi connectivity index (χ2n) is 4.90. The van der Waals surface area contributed by atoms with Gasteiger partial charge in [-0.3, -0.25) is 4.79 Å². The zero-order valence-corrected chi connectivity index (χ0v) is 13.7. The number of hydrogen-bond donors (Lipinski definition) is 0. The van der Waals surface area contributed by atoms with Crippen molar-refractivity contribution >= 4 is 40.3 Å². The van der Waals surface area contributed by atoms with Crippen LogP contribution in [0.4, 0.5) is 0 Å². The topological polar surface area (TPSA) is 68.2 Å². The number of thiocarbonyl (C=S) groups is 1. The van der Waals surface area contributed by atoms with Crippen molar-refractivity contribution in [3.63, 3.8) is 0 Å². The molecule has 0 atom stereocenters. The van der Waals surface area contributed by atoms with Gasteiger partial charge in [0.1, 0.15) is 5.76 Å². The Labute approximate surface area is 138 Å². The number of piperidine rings is 1. The van der Waals surface area contributed by atoms with Crippen LogP contribution < -0.4 is 0 Å². The second-order valence-corrected chi connectivity index (χ2v) is 6.58. The van der Waals surface area contributed by atoms with Gasteiger partial charge < -0.3 is 9.89 Å². The first-order valence-corrected chi connectivity index (χ1v) is 8.21. The lowest BCUT2D eigenvalue weighted by Gasteiger charge is -2.33. The summed E-state index contributed by atoms with van der Waals surface area (Å²) in [5.74, 6) is 0.744. The predicted molar refractivity (Wildman–Crippen MR) is 91.9 cm³/mol. The maximum atomic E-state index is 12.5. The van der Waals surface area contributed by atoms with Gasteiger partial charge in [0.15, 0.2) is 4.32 Å². The Morgan fingerprint density at radius 2 is 2.05 bits per heavy atom.